The van der Waals surface area contributed by atoms with Gasteiger partial charge in [0.2, 0.25) is 0 Å². The molecule has 1 aromatic rings. The first-order valence-corrected chi connectivity index (χ1v) is 5.53. The lowest BCUT2D eigenvalue weighted by atomic mass is 10.1. The molecule has 15 heavy (non-hydrogen) atoms. The van der Waals surface area contributed by atoms with Crippen molar-refractivity contribution < 1.29 is 4.79 Å². The van der Waals surface area contributed by atoms with Crippen molar-refractivity contribution >= 4 is 5.78 Å². The molecule has 0 aromatic carbocycles. The number of rotatable bonds is 2. The minimum atomic E-state index is 0.308. The summed E-state index contributed by atoms with van der Waals surface area (Å²) >= 11 is 0. The lowest BCUT2D eigenvalue weighted by Crippen LogP contribution is -1.98. The summed E-state index contributed by atoms with van der Waals surface area (Å²) in [5, 5.41) is 0. The van der Waals surface area contributed by atoms with Crippen LogP contribution in [0.3, 0.4) is 0 Å². The normalized spacial score (nSPS) is 15.9. The molecule has 0 N–H and O–H groups in total. The van der Waals surface area contributed by atoms with Gasteiger partial charge in [0, 0.05) is 30.9 Å². The molecular weight excluding hydrogens is 186 g/mol. The predicted octanol–water partition coefficient (Wildman–Crippen LogP) is 2.97. The fraction of sp³-hybridized carbons (Fsp3) is 0.462. The molecule has 2 heteroatoms. The van der Waals surface area contributed by atoms with Crippen molar-refractivity contribution in [3.8, 4) is 0 Å². The van der Waals surface area contributed by atoms with Crippen LogP contribution in [-0.2, 0) is 13.0 Å². The van der Waals surface area contributed by atoms with Gasteiger partial charge in [0.25, 0.3) is 0 Å². The van der Waals surface area contributed by atoms with E-state index in [4.69, 9.17) is 0 Å². The Balaban J connectivity index is 2.29. The number of aromatic nitrogens is 1. The third-order valence-electron chi connectivity index (χ3n) is 2.82. The van der Waals surface area contributed by atoms with Gasteiger partial charge < -0.3 is 4.57 Å². The first kappa shape index (κ1) is 10.2. The summed E-state index contributed by atoms with van der Waals surface area (Å²) in [7, 11) is 0. The van der Waals surface area contributed by atoms with Crippen LogP contribution in [0.15, 0.2) is 24.5 Å². The molecule has 0 saturated heterocycles. The van der Waals surface area contributed by atoms with E-state index in [0.717, 1.165) is 36.9 Å². The SMILES string of the molecule is C=C(C)Cn1cc2c(c1)C(=O)CCCC2. The summed E-state index contributed by atoms with van der Waals surface area (Å²) in [6, 6.07) is 0. The largest absolute Gasteiger partial charge is 0.349 e. The number of fused-ring (bicyclic) bond motifs is 1. The highest BCUT2D eigenvalue weighted by molar-refractivity contribution is 5.97. The Morgan fingerprint density at radius 2 is 2.13 bits per heavy atom. The molecule has 0 spiro atoms. The highest BCUT2D eigenvalue weighted by Gasteiger charge is 2.17. The summed E-state index contributed by atoms with van der Waals surface area (Å²) in [5.74, 6) is 0.308. The highest BCUT2D eigenvalue weighted by Crippen LogP contribution is 2.21. The van der Waals surface area contributed by atoms with Crippen LogP contribution in [0.4, 0.5) is 0 Å². The van der Waals surface area contributed by atoms with Gasteiger partial charge in [-0.05, 0) is 31.7 Å². The van der Waals surface area contributed by atoms with Crippen LogP contribution in [0, 0.1) is 0 Å². The maximum absolute atomic E-state index is 11.8. The molecule has 1 aliphatic carbocycles. The molecule has 0 unspecified atom stereocenters. The van der Waals surface area contributed by atoms with E-state index in [1.807, 2.05) is 13.1 Å². The smallest absolute Gasteiger partial charge is 0.164 e. The molecule has 2 nitrogen and oxygen atoms in total. The number of Topliss-reactive ketones (excluding diaryl/α,β-unsaturated/α-hetero) is 1. The van der Waals surface area contributed by atoms with Crippen molar-refractivity contribution in [2.75, 3.05) is 0 Å². The van der Waals surface area contributed by atoms with Crippen molar-refractivity contribution in [2.24, 2.45) is 0 Å². The van der Waals surface area contributed by atoms with E-state index in [2.05, 4.69) is 17.3 Å². The number of nitrogens with zero attached hydrogens (tertiary/aromatic N) is 1. The predicted molar refractivity (Wildman–Crippen MR) is 61.1 cm³/mol. The van der Waals surface area contributed by atoms with E-state index >= 15 is 0 Å². The summed E-state index contributed by atoms with van der Waals surface area (Å²) in [5.41, 5.74) is 3.28. The van der Waals surface area contributed by atoms with Gasteiger partial charge in [-0.2, -0.15) is 0 Å². The minimum Gasteiger partial charge on any atom is -0.349 e. The molecule has 2 rings (SSSR count). The molecule has 0 aliphatic heterocycles. The van der Waals surface area contributed by atoms with Crippen LogP contribution < -0.4 is 0 Å². The molecule has 0 amide bonds. The average molecular weight is 203 g/mol. The van der Waals surface area contributed by atoms with Crippen molar-refractivity contribution in [2.45, 2.75) is 39.2 Å². The number of ketones is 1. The van der Waals surface area contributed by atoms with E-state index in [1.54, 1.807) is 0 Å². The van der Waals surface area contributed by atoms with Crippen LogP contribution in [0.25, 0.3) is 0 Å². The molecule has 0 radical (unpaired) electrons. The van der Waals surface area contributed by atoms with Crippen molar-refractivity contribution in [3.05, 3.63) is 35.7 Å². The Hall–Kier alpha value is -1.31. The van der Waals surface area contributed by atoms with Crippen LogP contribution in [0.5, 0.6) is 0 Å². The second-order valence-corrected chi connectivity index (χ2v) is 4.46. The summed E-state index contributed by atoms with van der Waals surface area (Å²) in [4.78, 5) is 11.8. The zero-order chi connectivity index (χ0) is 10.8. The second-order valence-electron chi connectivity index (χ2n) is 4.46. The Labute approximate surface area is 90.6 Å². The van der Waals surface area contributed by atoms with E-state index in [9.17, 15) is 4.79 Å². The van der Waals surface area contributed by atoms with Gasteiger partial charge in [-0.1, -0.05) is 12.2 Å². The van der Waals surface area contributed by atoms with Gasteiger partial charge in [-0.25, -0.2) is 0 Å². The number of hydrogen-bond acceptors (Lipinski definition) is 1. The van der Waals surface area contributed by atoms with Gasteiger partial charge in [0.1, 0.15) is 0 Å². The summed E-state index contributed by atoms with van der Waals surface area (Å²) in [6.07, 6.45) is 8.02. The van der Waals surface area contributed by atoms with Gasteiger partial charge >= 0.3 is 0 Å². The minimum absolute atomic E-state index is 0.308. The Kier molecular flexibility index (Phi) is 2.76. The zero-order valence-electron chi connectivity index (χ0n) is 9.25. The van der Waals surface area contributed by atoms with Crippen LogP contribution >= 0.6 is 0 Å². The summed E-state index contributed by atoms with van der Waals surface area (Å²) in [6.45, 7) is 6.72. The van der Waals surface area contributed by atoms with E-state index < -0.39 is 0 Å². The third-order valence-corrected chi connectivity index (χ3v) is 2.82. The fourth-order valence-corrected chi connectivity index (χ4v) is 2.14. The van der Waals surface area contributed by atoms with Crippen LogP contribution in [0.1, 0.15) is 42.1 Å². The molecule has 0 fully saturated rings. The van der Waals surface area contributed by atoms with E-state index in [1.165, 1.54) is 5.56 Å². The molecule has 1 aromatic heterocycles. The van der Waals surface area contributed by atoms with Gasteiger partial charge in [0.15, 0.2) is 5.78 Å². The van der Waals surface area contributed by atoms with Gasteiger partial charge in [-0.3, -0.25) is 4.79 Å². The van der Waals surface area contributed by atoms with Gasteiger partial charge in [-0.15, -0.1) is 0 Å². The molecule has 1 aliphatic rings. The maximum Gasteiger partial charge on any atom is 0.164 e. The fourth-order valence-electron chi connectivity index (χ4n) is 2.14. The van der Waals surface area contributed by atoms with E-state index in [-0.39, 0.29) is 0 Å². The standard InChI is InChI=1S/C13H17NO/c1-10(2)7-14-8-11-5-3-4-6-13(15)12(11)9-14/h8-9H,1,3-7H2,2H3. The lowest BCUT2D eigenvalue weighted by molar-refractivity contribution is 0.0982. The molecule has 1 heterocycles. The number of carbonyl (C=O) groups excluding carboxylic acids is 1. The highest BCUT2D eigenvalue weighted by atomic mass is 16.1. The monoisotopic (exact) mass is 203 g/mol. The van der Waals surface area contributed by atoms with Crippen molar-refractivity contribution in [1.29, 1.82) is 0 Å². The van der Waals surface area contributed by atoms with Crippen LogP contribution in [0.2, 0.25) is 0 Å². The Morgan fingerprint density at radius 1 is 1.40 bits per heavy atom. The first-order chi connectivity index (χ1) is 7.16. The molecule has 0 saturated carbocycles. The maximum atomic E-state index is 11.8. The number of hydrogen-bond donors (Lipinski definition) is 0. The third kappa shape index (κ3) is 2.20. The zero-order valence-corrected chi connectivity index (χ0v) is 9.25. The number of aryl methyl sites for hydroxylation is 1. The van der Waals surface area contributed by atoms with Crippen LogP contribution in [-0.4, -0.2) is 10.4 Å². The summed E-state index contributed by atoms with van der Waals surface area (Å²) < 4.78 is 2.08. The van der Waals surface area contributed by atoms with E-state index in [0.29, 0.717) is 12.2 Å². The van der Waals surface area contributed by atoms with Crippen molar-refractivity contribution in [1.82, 2.24) is 4.57 Å². The molecular formula is C13H17NO. The topological polar surface area (TPSA) is 22.0 Å². The first-order valence-electron chi connectivity index (χ1n) is 5.53. The Bertz CT molecular complexity index is 401. The lowest BCUT2D eigenvalue weighted by Gasteiger charge is -2.00. The molecule has 80 valence electrons. The van der Waals surface area contributed by atoms with Crippen molar-refractivity contribution in [3.63, 3.8) is 0 Å². The second kappa shape index (κ2) is 4.05. The Morgan fingerprint density at radius 3 is 2.87 bits per heavy atom. The quantitative estimate of drug-likeness (QED) is 0.535. The molecule has 0 bridgehead atoms. The number of allylic oxidation sites excluding steroid dienone is 1. The average Bonchev–Trinajstić information content (AvgIpc) is 2.47. The number of carbonyl (C=O) groups is 1. The molecule has 0 atom stereocenters. The van der Waals surface area contributed by atoms with Gasteiger partial charge in [0.05, 0.1) is 0 Å².